The summed E-state index contributed by atoms with van der Waals surface area (Å²) < 4.78 is 13.0. The number of hydrogen-bond acceptors (Lipinski definition) is 2. The first-order chi connectivity index (χ1) is 5.54. The molecular formula is C7H5BrFNOS. The van der Waals surface area contributed by atoms with E-state index in [1.165, 1.54) is 12.1 Å². The second-order valence-corrected chi connectivity index (χ2v) is 3.36. The fraction of sp³-hybridized carbons (Fsp3) is 0. The van der Waals surface area contributed by atoms with Crippen LogP contribution in [0.1, 0.15) is 5.56 Å². The van der Waals surface area contributed by atoms with Gasteiger partial charge in [-0.1, -0.05) is 12.2 Å². The zero-order chi connectivity index (χ0) is 9.30. The molecule has 0 saturated carbocycles. The monoisotopic (exact) mass is 249 g/mol. The van der Waals surface area contributed by atoms with Gasteiger partial charge in [0.05, 0.1) is 4.47 Å². The van der Waals surface area contributed by atoms with Crippen LogP contribution in [0.15, 0.2) is 16.6 Å². The molecule has 1 rings (SSSR count). The maximum Gasteiger partial charge on any atom is 0.179 e. The van der Waals surface area contributed by atoms with Gasteiger partial charge in [0.15, 0.2) is 11.6 Å². The minimum Gasteiger partial charge on any atom is -0.505 e. The Morgan fingerprint density at radius 2 is 2.17 bits per heavy atom. The number of hydrogen-bond donors (Lipinski definition) is 2. The quantitative estimate of drug-likeness (QED) is 0.748. The van der Waals surface area contributed by atoms with Crippen LogP contribution in [-0.4, -0.2) is 10.1 Å². The molecule has 0 radical (unpaired) electrons. The van der Waals surface area contributed by atoms with Gasteiger partial charge in [0, 0.05) is 5.56 Å². The SMILES string of the molecule is NC(=S)c1ccc(O)c(F)c1Br. The van der Waals surface area contributed by atoms with E-state index in [9.17, 15) is 4.39 Å². The minimum atomic E-state index is -0.750. The van der Waals surface area contributed by atoms with Crippen molar-refractivity contribution < 1.29 is 9.50 Å². The van der Waals surface area contributed by atoms with E-state index in [0.717, 1.165) is 0 Å². The lowest BCUT2D eigenvalue weighted by Crippen LogP contribution is -2.10. The summed E-state index contributed by atoms with van der Waals surface area (Å²) in [6, 6.07) is 2.65. The van der Waals surface area contributed by atoms with Gasteiger partial charge < -0.3 is 10.8 Å². The second kappa shape index (κ2) is 3.37. The summed E-state index contributed by atoms with van der Waals surface area (Å²) >= 11 is 7.58. The molecule has 0 fully saturated rings. The lowest BCUT2D eigenvalue weighted by Gasteiger charge is -2.03. The van der Waals surface area contributed by atoms with E-state index < -0.39 is 11.6 Å². The third-order valence-corrected chi connectivity index (χ3v) is 2.32. The van der Waals surface area contributed by atoms with Crippen molar-refractivity contribution in [1.82, 2.24) is 0 Å². The zero-order valence-electron chi connectivity index (χ0n) is 5.84. The second-order valence-electron chi connectivity index (χ2n) is 2.12. The number of phenols is 1. The Morgan fingerprint density at radius 3 is 2.67 bits per heavy atom. The van der Waals surface area contributed by atoms with Gasteiger partial charge >= 0.3 is 0 Å². The van der Waals surface area contributed by atoms with Crippen molar-refractivity contribution >= 4 is 33.1 Å². The first-order valence-corrected chi connectivity index (χ1v) is 4.21. The summed E-state index contributed by atoms with van der Waals surface area (Å²) in [4.78, 5) is 0.0841. The van der Waals surface area contributed by atoms with Crippen LogP contribution in [0.3, 0.4) is 0 Å². The van der Waals surface area contributed by atoms with E-state index in [-0.39, 0.29) is 9.46 Å². The summed E-state index contributed by atoms with van der Waals surface area (Å²) in [5.74, 6) is -1.18. The molecule has 0 aromatic heterocycles. The van der Waals surface area contributed by atoms with Crippen LogP contribution >= 0.6 is 28.1 Å². The van der Waals surface area contributed by atoms with Gasteiger partial charge in [0.25, 0.3) is 0 Å². The van der Waals surface area contributed by atoms with Gasteiger partial charge in [0.1, 0.15) is 4.99 Å². The maximum atomic E-state index is 12.9. The number of phenolic OH excluding ortho intramolecular Hbond substituents is 1. The van der Waals surface area contributed by atoms with E-state index in [1.54, 1.807) is 0 Å². The van der Waals surface area contributed by atoms with Crippen molar-refractivity contribution in [3.63, 3.8) is 0 Å². The van der Waals surface area contributed by atoms with E-state index in [0.29, 0.717) is 5.56 Å². The summed E-state index contributed by atoms with van der Waals surface area (Å²) in [6.07, 6.45) is 0. The van der Waals surface area contributed by atoms with Crippen molar-refractivity contribution in [2.45, 2.75) is 0 Å². The number of nitrogens with two attached hydrogens (primary N) is 1. The van der Waals surface area contributed by atoms with E-state index in [2.05, 4.69) is 28.1 Å². The van der Waals surface area contributed by atoms with Crippen molar-refractivity contribution in [2.75, 3.05) is 0 Å². The molecule has 12 heavy (non-hydrogen) atoms. The third kappa shape index (κ3) is 1.56. The van der Waals surface area contributed by atoms with Gasteiger partial charge in [-0.2, -0.15) is 0 Å². The molecule has 0 spiro atoms. The van der Waals surface area contributed by atoms with E-state index in [4.69, 9.17) is 10.8 Å². The molecule has 0 saturated heterocycles. The molecule has 0 aliphatic rings. The van der Waals surface area contributed by atoms with Crippen LogP contribution in [0.4, 0.5) is 4.39 Å². The number of rotatable bonds is 1. The van der Waals surface area contributed by atoms with Gasteiger partial charge in [-0.3, -0.25) is 0 Å². The molecule has 5 heteroatoms. The maximum absolute atomic E-state index is 12.9. The highest BCUT2D eigenvalue weighted by molar-refractivity contribution is 9.10. The Bertz CT molecular complexity index is 342. The Balaban J connectivity index is 3.36. The number of benzene rings is 1. The smallest absolute Gasteiger partial charge is 0.179 e. The van der Waals surface area contributed by atoms with Gasteiger partial charge in [-0.25, -0.2) is 4.39 Å². The molecule has 0 aliphatic carbocycles. The molecule has 64 valence electrons. The van der Waals surface area contributed by atoms with Crippen LogP contribution in [0, 0.1) is 5.82 Å². The topological polar surface area (TPSA) is 46.2 Å². The molecule has 0 heterocycles. The summed E-state index contributed by atoms with van der Waals surface area (Å²) in [5.41, 5.74) is 5.66. The summed E-state index contributed by atoms with van der Waals surface area (Å²) in [7, 11) is 0. The lowest BCUT2D eigenvalue weighted by atomic mass is 10.2. The van der Waals surface area contributed by atoms with Crippen LogP contribution < -0.4 is 5.73 Å². The number of halogens is 2. The van der Waals surface area contributed by atoms with Crippen LogP contribution in [0.25, 0.3) is 0 Å². The minimum absolute atomic E-state index is 0.0841. The Hall–Kier alpha value is -0.680. The van der Waals surface area contributed by atoms with E-state index in [1.807, 2.05) is 0 Å². The summed E-state index contributed by atoms with van der Waals surface area (Å²) in [6.45, 7) is 0. The predicted octanol–water partition coefficient (Wildman–Crippen LogP) is 1.93. The summed E-state index contributed by atoms with van der Waals surface area (Å²) in [5, 5.41) is 8.92. The highest BCUT2D eigenvalue weighted by Gasteiger charge is 2.11. The molecule has 3 N–H and O–H groups in total. The largest absolute Gasteiger partial charge is 0.505 e. The van der Waals surface area contributed by atoms with Crippen LogP contribution in [-0.2, 0) is 0 Å². The van der Waals surface area contributed by atoms with Gasteiger partial charge in [-0.15, -0.1) is 0 Å². The number of thiocarbonyl (C=S) groups is 1. The molecule has 0 unspecified atom stereocenters. The standard InChI is InChI=1S/C7H5BrFNOS/c8-5-3(7(10)12)1-2-4(11)6(5)9/h1-2,11H,(H2,10,12). The van der Waals surface area contributed by atoms with Crippen molar-refractivity contribution in [2.24, 2.45) is 5.73 Å². The normalized spacial score (nSPS) is 9.83. The third-order valence-electron chi connectivity index (χ3n) is 1.33. The first-order valence-electron chi connectivity index (χ1n) is 3.01. The lowest BCUT2D eigenvalue weighted by molar-refractivity contribution is 0.430. The molecule has 2 nitrogen and oxygen atoms in total. The zero-order valence-corrected chi connectivity index (χ0v) is 8.25. The number of aromatic hydroxyl groups is 1. The van der Waals surface area contributed by atoms with Crippen LogP contribution in [0.2, 0.25) is 0 Å². The van der Waals surface area contributed by atoms with Crippen molar-refractivity contribution in [1.29, 1.82) is 0 Å². The average molecular weight is 250 g/mol. The average Bonchev–Trinajstić information content (AvgIpc) is 2.00. The molecule has 1 aromatic rings. The molecular weight excluding hydrogens is 245 g/mol. The Morgan fingerprint density at radius 1 is 1.58 bits per heavy atom. The van der Waals surface area contributed by atoms with Crippen molar-refractivity contribution in [3.8, 4) is 5.75 Å². The molecule has 0 amide bonds. The Kier molecular flexibility index (Phi) is 2.64. The molecule has 0 aliphatic heterocycles. The molecule has 1 aromatic carbocycles. The molecule has 0 bridgehead atoms. The van der Waals surface area contributed by atoms with Gasteiger partial charge in [-0.05, 0) is 28.1 Å². The highest BCUT2D eigenvalue weighted by Crippen LogP contribution is 2.27. The fourth-order valence-electron chi connectivity index (χ4n) is 0.730. The fourth-order valence-corrected chi connectivity index (χ4v) is 1.58. The first kappa shape index (κ1) is 9.41. The highest BCUT2D eigenvalue weighted by atomic mass is 79.9. The van der Waals surface area contributed by atoms with E-state index >= 15 is 0 Å². The Labute approximate surface area is 82.3 Å². The molecule has 0 atom stereocenters. The van der Waals surface area contributed by atoms with Crippen molar-refractivity contribution in [3.05, 3.63) is 28.0 Å². The predicted molar refractivity (Wildman–Crippen MR) is 51.7 cm³/mol. The van der Waals surface area contributed by atoms with Crippen LogP contribution in [0.5, 0.6) is 5.75 Å². The van der Waals surface area contributed by atoms with Gasteiger partial charge in [0.2, 0.25) is 0 Å².